The first-order chi connectivity index (χ1) is 8.11. The normalized spacial score (nSPS) is 10.1. The molecule has 0 aliphatic carbocycles. The van der Waals surface area contributed by atoms with E-state index in [4.69, 9.17) is 27.9 Å². The molecule has 17 heavy (non-hydrogen) atoms. The topological polar surface area (TPSA) is 43.4 Å². The Bertz CT molecular complexity index is 430. The summed E-state index contributed by atoms with van der Waals surface area (Å²) in [6, 6.07) is 4.71. The maximum absolute atomic E-state index is 11.8. The van der Waals surface area contributed by atoms with Crippen molar-refractivity contribution in [2.75, 3.05) is 12.5 Å². The van der Waals surface area contributed by atoms with Crippen molar-refractivity contribution in [3.8, 4) is 0 Å². The fraction of sp³-hybridized carbons (Fsp3) is 0.333. The Kier molecular flexibility index (Phi) is 5.45. The highest BCUT2D eigenvalue weighted by atomic mass is 35.5. The molecule has 0 saturated heterocycles. The molecule has 0 aliphatic heterocycles. The van der Waals surface area contributed by atoms with Gasteiger partial charge in [0.15, 0.2) is 5.78 Å². The van der Waals surface area contributed by atoms with Crippen molar-refractivity contribution in [1.29, 1.82) is 0 Å². The molecule has 0 bridgehead atoms. The van der Waals surface area contributed by atoms with Crippen LogP contribution in [-0.2, 0) is 4.74 Å². The predicted molar refractivity (Wildman–Crippen MR) is 67.1 cm³/mol. The number of esters is 1. The van der Waals surface area contributed by atoms with Crippen molar-refractivity contribution in [3.63, 3.8) is 0 Å². The predicted octanol–water partition coefficient (Wildman–Crippen LogP) is 3.33. The molecule has 0 saturated carbocycles. The molecular weight excluding hydrogens is 263 g/mol. The van der Waals surface area contributed by atoms with Gasteiger partial charge in [-0.05, 0) is 13.0 Å². The number of rotatable bonds is 5. The van der Waals surface area contributed by atoms with Crippen molar-refractivity contribution in [3.05, 3.63) is 34.3 Å². The van der Waals surface area contributed by atoms with Gasteiger partial charge in [0.25, 0.3) is 0 Å². The van der Waals surface area contributed by atoms with Crippen LogP contribution >= 0.6 is 23.2 Å². The van der Waals surface area contributed by atoms with Crippen LogP contribution in [0.3, 0.4) is 0 Å². The molecule has 0 aromatic heterocycles. The van der Waals surface area contributed by atoms with E-state index in [1.807, 2.05) is 0 Å². The second-order valence-electron chi connectivity index (χ2n) is 3.25. The third-order valence-electron chi connectivity index (χ3n) is 2.12. The van der Waals surface area contributed by atoms with Crippen LogP contribution in [-0.4, -0.2) is 24.2 Å². The molecule has 0 spiro atoms. The molecule has 92 valence electrons. The number of hydrogen-bond donors (Lipinski definition) is 0. The van der Waals surface area contributed by atoms with Crippen LogP contribution in [0.1, 0.15) is 34.1 Å². The highest BCUT2D eigenvalue weighted by Crippen LogP contribution is 2.22. The maximum Gasteiger partial charge on any atom is 0.340 e. The van der Waals surface area contributed by atoms with E-state index in [1.54, 1.807) is 25.1 Å². The number of carbonyl (C=O) groups is 2. The van der Waals surface area contributed by atoms with E-state index in [0.717, 1.165) is 0 Å². The van der Waals surface area contributed by atoms with Crippen LogP contribution in [0.5, 0.6) is 0 Å². The van der Waals surface area contributed by atoms with Crippen molar-refractivity contribution in [1.82, 2.24) is 0 Å². The van der Waals surface area contributed by atoms with Crippen molar-refractivity contribution in [2.24, 2.45) is 0 Å². The van der Waals surface area contributed by atoms with Crippen LogP contribution < -0.4 is 0 Å². The fourth-order valence-corrected chi connectivity index (χ4v) is 1.81. The highest BCUT2D eigenvalue weighted by molar-refractivity contribution is 6.34. The Morgan fingerprint density at radius 2 is 2.06 bits per heavy atom. The van der Waals surface area contributed by atoms with E-state index >= 15 is 0 Å². The second kappa shape index (κ2) is 6.62. The lowest BCUT2D eigenvalue weighted by atomic mass is 10.0. The Hall–Kier alpha value is -1.06. The standard InChI is InChI=1S/C12H12Cl2O3/c1-2-17-12(16)11-8(10(15)6-7-13)4-3-5-9(11)14/h3-5H,2,6-7H2,1H3. The summed E-state index contributed by atoms with van der Waals surface area (Å²) in [6.45, 7) is 1.92. The van der Waals surface area contributed by atoms with E-state index < -0.39 is 5.97 Å². The van der Waals surface area contributed by atoms with Gasteiger partial charge in [-0.3, -0.25) is 4.79 Å². The molecule has 0 fully saturated rings. The monoisotopic (exact) mass is 274 g/mol. The largest absolute Gasteiger partial charge is 0.462 e. The lowest BCUT2D eigenvalue weighted by Crippen LogP contribution is -2.13. The lowest BCUT2D eigenvalue weighted by molar-refractivity contribution is 0.0523. The first-order valence-electron chi connectivity index (χ1n) is 5.16. The van der Waals surface area contributed by atoms with Crippen molar-refractivity contribution in [2.45, 2.75) is 13.3 Å². The van der Waals surface area contributed by atoms with Crippen LogP contribution in [0.25, 0.3) is 0 Å². The van der Waals surface area contributed by atoms with E-state index in [0.29, 0.717) is 0 Å². The Labute approximate surface area is 110 Å². The minimum absolute atomic E-state index is 0.117. The van der Waals surface area contributed by atoms with E-state index in [2.05, 4.69) is 0 Å². The molecule has 0 radical (unpaired) electrons. The number of benzene rings is 1. The number of hydrogen-bond acceptors (Lipinski definition) is 3. The zero-order chi connectivity index (χ0) is 12.8. The third kappa shape index (κ3) is 3.45. The number of halogens is 2. The van der Waals surface area contributed by atoms with Gasteiger partial charge in [-0.2, -0.15) is 0 Å². The van der Waals surface area contributed by atoms with Gasteiger partial charge in [0.05, 0.1) is 17.2 Å². The van der Waals surface area contributed by atoms with E-state index in [-0.39, 0.29) is 40.8 Å². The molecule has 1 aromatic rings. The van der Waals surface area contributed by atoms with E-state index in [1.165, 1.54) is 0 Å². The molecule has 0 atom stereocenters. The molecule has 0 aliphatic rings. The molecule has 0 heterocycles. The molecule has 1 rings (SSSR count). The van der Waals surface area contributed by atoms with Gasteiger partial charge in [0.2, 0.25) is 0 Å². The van der Waals surface area contributed by atoms with Crippen molar-refractivity contribution < 1.29 is 14.3 Å². The summed E-state index contributed by atoms with van der Waals surface area (Å²) in [5.74, 6) is -0.602. The summed E-state index contributed by atoms with van der Waals surface area (Å²) in [4.78, 5) is 23.5. The molecule has 0 unspecified atom stereocenters. The third-order valence-corrected chi connectivity index (χ3v) is 2.62. The first-order valence-corrected chi connectivity index (χ1v) is 6.07. The van der Waals surface area contributed by atoms with Gasteiger partial charge in [-0.1, -0.05) is 23.7 Å². The molecule has 0 N–H and O–H groups in total. The first kappa shape index (κ1) is 14.0. The molecular formula is C12H12Cl2O3. The van der Waals surface area contributed by atoms with Crippen LogP contribution in [0.2, 0.25) is 5.02 Å². The molecule has 3 nitrogen and oxygen atoms in total. The number of ketones is 1. The van der Waals surface area contributed by atoms with Gasteiger partial charge < -0.3 is 4.74 Å². The van der Waals surface area contributed by atoms with Gasteiger partial charge in [-0.15, -0.1) is 11.6 Å². The van der Waals surface area contributed by atoms with Crippen molar-refractivity contribution >= 4 is 35.0 Å². The number of alkyl halides is 1. The number of Topliss-reactive ketones (excluding diaryl/α,β-unsaturated/α-hetero) is 1. The van der Waals surface area contributed by atoms with Crippen LogP contribution in [0, 0.1) is 0 Å². The van der Waals surface area contributed by atoms with Crippen LogP contribution in [0.4, 0.5) is 0 Å². The van der Waals surface area contributed by atoms with E-state index in [9.17, 15) is 9.59 Å². The molecule has 1 aromatic carbocycles. The Balaban J connectivity index is 3.17. The Morgan fingerprint density at radius 3 is 2.65 bits per heavy atom. The quantitative estimate of drug-likeness (QED) is 0.470. The summed E-state index contributed by atoms with van der Waals surface area (Å²) in [6.07, 6.45) is 0.161. The molecule has 0 amide bonds. The van der Waals surface area contributed by atoms with Gasteiger partial charge in [0.1, 0.15) is 0 Å². The average molecular weight is 275 g/mol. The smallest absolute Gasteiger partial charge is 0.340 e. The summed E-state index contributed by atoms with van der Waals surface area (Å²) in [5, 5.41) is 0.212. The summed E-state index contributed by atoms with van der Waals surface area (Å²) in [5.41, 5.74) is 0.378. The van der Waals surface area contributed by atoms with Gasteiger partial charge in [0, 0.05) is 17.9 Å². The highest BCUT2D eigenvalue weighted by Gasteiger charge is 2.20. The zero-order valence-electron chi connectivity index (χ0n) is 9.33. The maximum atomic E-state index is 11.8. The second-order valence-corrected chi connectivity index (χ2v) is 4.03. The van der Waals surface area contributed by atoms with Gasteiger partial charge in [-0.25, -0.2) is 4.79 Å². The number of carbonyl (C=O) groups excluding carboxylic acids is 2. The summed E-state index contributed by atoms with van der Waals surface area (Å²) < 4.78 is 4.87. The lowest BCUT2D eigenvalue weighted by Gasteiger charge is -2.09. The Morgan fingerprint density at radius 1 is 1.35 bits per heavy atom. The average Bonchev–Trinajstić information content (AvgIpc) is 2.29. The van der Waals surface area contributed by atoms with Crippen LogP contribution in [0.15, 0.2) is 18.2 Å². The summed E-state index contributed by atoms with van der Waals surface area (Å²) in [7, 11) is 0. The fourth-order valence-electron chi connectivity index (χ4n) is 1.39. The number of ether oxygens (including phenoxy) is 1. The zero-order valence-corrected chi connectivity index (χ0v) is 10.8. The molecule has 5 heteroatoms. The SMILES string of the molecule is CCOC(=O)c1c(Cl)cccc1C(=O)CCCl. The minimum Gasteiger partial charge on any atom is -0.462 e. The summed E-state index contributed by atoms with van der Waals surface area (Å²) >= 11 is 11.4. The van der Waals surface area contributed by atoms with Gasteiger partial charge >= 0.3 is 5.97 Å². The minimum atomic E-state index is -0.587.